The van der Waals surface area contributed by atoms with Crippen molar-refractivity contribution in [3.05, 3.63) is 39.9 Å². The molecular weight excluding hydrogens is 260 g/mol. The lowest BCUT2D eigenvalue weighted by Crippen LogP contribution is -2.20. The molecule has 7 heteroatoms. The van der Waals surface area contributed by atoms with E-state index < -0.39 is 10.9 Å². The maximum atomic E-state index is 11.5. The van der Waals surface area contributed by atoms with Crippen LogP contribution in [0.5, 0.6) is 0 Å². The van der Waals surface area contributed by atoms with Crippen LogP contribution in [0.25, 0.3) is 0 Å². The summed E-state index contributed by atoms with van der Waals surface area (Å²) in [6, 6.07) is 5.49. The summed E-state index contributed by atoms with van der Waals surface area (Å²) in [4.78, 5) is 23.4. The van der Waals surface area contributed by atoms with E-state index in [2.05, 4.69) is 0 Å². The van der Waals surface area contributed by atoms with Crippen LogP contribution in [-0.2, 0) is 4.74 Å². The molecule has 0 saturated carbocycles. The molecule has 1 aromatic carbocycles. The molecule has 18 heavy (non-hydrogen) atoms. The van der Waals surface area contributed by atoms with Gasteiger partial charge in [0.2, 0.25) is 0 Å². The van der Waals surface area contributed by atoms with Crippen LogP contribution in [0.1, 0.15) is 10.4 Å². The largest absolute Gasteiger partial charge is 0.461 e. The highest BCUT2D eigenvalue weighted by Gasteiger charge is 2.12. The van der Waals surface area contributed by atoms with E-state index in [1.807, 2.05) is 19.0 Å². The van der Waals surface area contributed by atoms with Gasteiger partial charge in [-0.2, -0.15) is 0 Å². The molecule has 0 N–H and O–H groups in total. The van der Waals surface area contributed by atoms with Gasteiger partial charge in [0, 0.05) is 18.7 Å². The molecule has 0 aliphatic carbocycles. The Morgan fingerprint density at radius 2 is 2.11 bits per heavy atom. The summed E-state index contributed by atoms with van der Waals surface area (Å²) in [5.74, 6) is -0.546. The molecule has 0 aromatic heterocycles. The van der Waals surface area contributed by atoms with Gasteiger partial charge in [0.1, 0.15) is 6.61 Å². The average Bonchev–Trinajstić information content (AvgIpc) is 2.28. The second-order valence-electron chi connectivity index (χ2n) is 3.75. The predicted octanol–water partition coefficient (Wildman–Crippen LogP) is 1.73. The topological polar surface area (TPSA) is 72.7 Å². The summed E-state index contributed by atoms with van der Waals surface area (Å²) in [7, 11) is 3.72. The zero-order valence-corrected chi connectivity index (χ0v) is 11.0. The van der Waals surface area contributed by atoms with Crippen molar-refractivity contribution in [1.82, 2.24) is 4.90 Å². The van der Waals surface area contributed by atoms with Crippen molar-refractivity contribution in [3.8, 4) is 0 Å². The van der Waals surface area contributed by atoms with Crippen LogP contribution in [-0.4, -0.2) is 43.0 Å². The quantitative estimate of drug-likeness (QED) is 0.464. The van der Waals surface area contributed by atoms with Crippen LogP contribution in [0.4, 0.5) is 5.69 Å². The van der Waals surface area contributed by atoms with Gasteiger partial charge >= 0.3 is 5.97 Å². The first kappa shape index (κ1) is 16.3. The number of nitrogens with zero attached hydrogens (tertiary/aromatic N) is 2. The Morgan fingerprint density at radius 3 is 2.67 bits per heavy atom. The third-order valence-electron chi connectivity index (χ3n) is 2.06. The smallest absolute Gasteiger partial charge is 0.338 e. The Morgan fingerprint density at radius 1 is 1.44 bits per heavy atom. The van der Waals surface area contributed by atoms with Gasteiger partial charge in [-0.1, -0.05) is 6.07 Å². The molecule has 0 heterocycles. The van der Waals surface area contributed by atoms with E-state index in [1.165, 1.54) is 24.3 Å². The number of non-ortho nitro benzene ring substituents is 1. The Labute approximate surface area is 111 Å². The SMILES string of the molecule is CN(C)CCOC(=O)c1cccc([N+](=O)[O-])c1.Cl. The van der Waals surface area contributed by atoms with E-state index in [-0.39, 0.29) is 30.3 Å². The fourth-order valence-electron chi connectivity index (χ4n) is 1.15. The van der Waals surface area contributed by atoms with Crippen LogP contribution in [0, 0.1) is 10.1 Å². The molecule has 0 fully saturated rings. The molecule has 1 aromatic rings. The normalized spacial score (nSPS) is 9.72. The molecule has 0 amide bonds. The Kier molecular flexibility index (Phi) is 6.92. The molecular formula is C11H15ClN2O4. The minimum Gasteiger partial charge on any atom is -0.461 e. The van der Waals surface area contributed by atoms with Crippen molar-refractivity contribution in [1.29, 1.82) is 0 Å². The Bertz CT molecular complexity index is 423. The first-order valence-electron chi connectivity index (χ1n) is 5.07. The number of likely N-dealkylation sites (N-methyl/N-ethyl adjacent to an activating group) is 1. The first-order valence-corrected chi connectivity index (χ1v) is 5.07. The number of rotatable bonds is 5. The summed E-state index contributed by atoms with van der Waals surface area (Å²) in [5, 5.41) is 10.5. The van der Waals surface area contributed by atoms with E-state index in [1.54, 1.807) is 0 Å². The molecule has 0 saturated heterocycles. The number of esters is 1. The zero-order valence-electron chi connectivity index (χ0n) is 10.2. The maximum Gasteiger partial charge on any atom is 0.338 e. The fraction of sp³-hybridized carbons (Fsp3) is 0.364. The number of carbonyl (C=O) groups excluding carboxylic acids is 1. The fourth-order valence-corrected chi connectivity index (χ4v) is 1.15. The Balaban J connectivity index is 0.00000289. The minimum absolute atomic E-state index is 0. The molecule has 0 aliphatic rings. The predicted molar refractivity (Wildman–Crippen MR) is 69.2 cm³/mol. The molecule has 100 valence electrons. The van der Waals surface area contributed by atoms with Crippen LogP contribution in [0.3, 0.4) is 0 Å². The zero-order chi connectivity index (χ0) is 12.8. The third kappa shape index (κ3) is 5.11. The lowest BCUT2D eigenvalue weighted by Gasteiger charge is -2.09. The maximum absolute atomic E-state index is 11.5. The number of nitro groups is 1. The molecule has 0 atom stereocenters. The molecule has 0 radical (unpaired) electrons. The van der Waals surface area contributed by atoms with Gasteiger partial charge in [0.05, 0.1) is 10.5 Å². The molecule has 0 unspecified atom stereocenters. The van der Waals surface area contributed by atoms with Crippen molar-refractivity contribution in [2.24, 2.45) is 0 Å². The van der Waals surface area contributed by atoms with Crippen LogP contribution in [0.2, 0.25) is 0 Å². The average molecular weight is 275 g/mol. The number of nitro benzene ring substituents is 1. The van der Waals surface area contributed by atoms with Gasteiger partial charge in [-0.3, -0.25) is 10.1 Å². The van der Waals surface area contributed by atoms with Crippen LogP contribution >= 0.6 is 12.4 Å². The van der Waals surface area contributed by atoms with Crippen LogP contribution < -0.4 is 0 Å². The van der Waals surface area contributed by atoms with Crippen molar-refractivity contribution in [2.45, 2.75) is 0 Å². The van der Waals surface area contributed by atoms with Crippen LogP contribution in [0.15, 0.2) is 24.3 Å². The van der Waals surface area contributed by atoms with Gasteiger partial charge < -0.3 is 9.64 Å². The van der Waals surface area contributed by atoms with Gasteiger partial charge in [0.25, 0.3) is 5.69 Å². The summed E-state index contributed by atoms with van der Waals surface area (Å²) in [6.45, 7) is 0.870. The van der Waals surface area contributed by atoms with Crippen molar-refractivity contribution < 1.29 is 14.5 Å². The minimum atomic E-state index is -0.546. The molecule has 0 spiro atoms. The molecule has 0 aliphatic heterocycles. The highest BCUT2D eigenvalue weighted by atomic mass is 35.5. The highest BCUT2D eigenvalue weighted by Crippen LogP contribution is 2.13. The standard InChI is InChI=1S/C11H14N2O4.ClH/c1-12(2)6-7-17-11(14)9-4-3-5-10(8-9)13(15)16;/h3-5,8H,6-7H2,1-2H3;1H. The van der Waals surface area contributed by atoms with Crippen molar-refractivity contribution in [3.63, 3.8) is 0 Å². The lowest BCUT2D eigenvalue weighted by atomic mass is 10.2. The van der Waals surface area contributed by atoms with E-state index in [9.17, 15) is 14.9 Å². The summed E-state index contributed by atoms with van der Waals surface area (Å²) < 4.78 is 4.97. The molecule has 6 nitrogen and oxygen atoms in total. The first-order chi connectivity index (χ1) is 8.00. The van der Waals surface area contributed by atoms with E-state index in [4.69, 9.17) is 4.74 Å². The molecule has 0 bridgehead atoms. The van der Waals surface area contributed by atoms with Crippen molar-refractivity contribution in [2.75, 3.05) is 27.2 Å². The van der Waals surface area contributed by atoms with E-state index in [0.29, 0.717) is 6.54 Å². The van der Waals surface area contributed by atoms with E-state index >= 15 is 0 Å². The van der Waals surface area contributed by atoms with Gasteiger partial charge in [0.15, 0.2) is 0 Å². The van der Waals surface area contributed by atoms with Crippen molar-refractivity contribution >= 4 is 24.1 Å². The number of carbonyl (C=O) groups is 1. The second kappa shape index (κ2) is 7.62. The number of hydrogen-bond donors (Lipinski definition) is 0. The monoisotopic (exact) mass is 274 g/mol. The third-order valence-corrected chi connectivity index (χ3v) is 2.06. The number of hydrogen-bond acceptors (Lipinski definition) is 5. The summed E-state index contributed by atoms with van der Waals surface area (Å²) in [5.41, 5.74) is 0.0741. The van der Waals surface area contributed by atoms with E-state index in [0.717, 1.165) is 0 Å². The van der Waals surface area contributed by atoms with Gasteiger partial charge in [-0.15, -0.1) is 12.4 Å². The number of ether oxygens (including phenoxy) is 1. The number of halogens is 1. The highest BCUT2D eigenvalue weighted by molar-refractivity contribution is 5.90. The second-order valence-corrected chi connectivity index (χ2v) is 3.75. The molecule has 1 rings (SSSR count). The number of benzene rings is 1. The van der Waals surface area contributed by atoms with Gasteiger partial charge in [-0.05, 0) is 20.2 Å². The lowest BCUT2D eigenvalue weighted by molar-refractivity contribution is -0.384. The summed E-state index contributed by atoms with van der Waals surface area (Å²) >= 11 is 0. The Hall–Kier alpha value is -1.66. The van der Waals surface area contributed by atoms with Gasteiger partial charge in [-0.25, -0.2) is 4.79 Å². The summed E-state index contributed by atoms with van der Waals surface area (Å²) in [6.07, 6.45) is 0.